The summed E-state index contributed by atoms with van der Waals surface area (Å²) in [6.45, 7) is 1.41. The van der Waals surface area contributed by atoms with Crippen LogP contribution in [0.25, 0.3) is 0 Å². The molecule has 25 heavy (non-hydrogen) atoms. The molecule has 3 aliphatic rings. The van der Waals surface area contributed by atoms with E-state index in [9.17, 15) is 14.3 Å². The van der Waals surface area contributed by atoms with Crippen LogP contribution in [-0.2, 0) is 23.3 Å². The van der Waals surface area contributed by atoms with Crippen molar-refractivity contribution in [3.8, 4) is 0 Å². The topological polar surface area (TPSA) is 121 Å². The largest absolute Gasteiger partial charge is 0.381 e. The molecule has 0 aliphatic carbocycles. The Morgan fingerprint density at radius 2 is 2.36 bits per heavy atom. The van der Waals surface area contributed by atoms with Crippen LogP contribution in [0.15, 0.2) is 11.3 Å². The molecule has 2 fully saturated rings. The molecule has 0 spiro atoms. The fourth-order valence-corrected chi connectivity index (χ4v) is 4.24. The summed E-state index contributed by atoms with van der Waals surface area (Å²) in [5, 5.41) is 0. The Morgan fingerprint density at radius 1 is 1.56 bits per heavy atom. The van der Waals surface area contributed by atoms with Gasteiger partial charge in [-0.2, -0.15) is 0 Å². The molecule has 11 heteroatoms. The normalized spacial score (nSPS) is 35.8. The molecule has 0 radical (unpaired) electrons. The Balaban J connectivity index is 1.71. The molecule has 10 nitrogen and oxygen atoms in total. The van der Waals surface area contributed by atoms with E-state index < -0.39 is 31.6 Å². The van der Waals surface area contributed by atoms with Gasteiger partial charge < -0.3 is 19.1 Å². The van der Waals surface area contributed by atoms with E-state index >= 15 is 0 Å². The van der Waals surface area contributed by atoms with Crippen molar-refractivity contribution in [2.75, 3.05) is 27.0 Å². The number of methoxy groups -OCH3 is 1. The molecule has 0 saturated carbocycles. The predicted octanol–water partition coefficient (Wildman–Crippen LogP) is 0.685. The smallest absolute Gasteiger partial charge is 0.325 e. The number of aliphatic imine (C=N–C) groups is 1. The first kappa shape index (κ1) is 17.0. The quantitative estimate of drug-likeness (QED) is 0.750. The van der Waals surface area contributed by atoms with Gasteiger partial charge in [-0.25, -0.2) is 9.98 Å². The molecule has 136 valence electrons. The van der Waals surface area contributed by atoms with Crippen molar-refractivity contribution in [1.29, 1.82) is 0 Å². The van der Waals surface area contributed by atoms with Crippen molar-refractivity contribution in [1.82, 2.24) is 9.55 Å². The molecule has 0 aromatic carbocycles. The Bertz CT molecular complexity index is 787. The molecule has 1 N–H and O–H groups in total. The van der Waals surface area contributed by atoms with Gasteiger partial charge in [0.05, 0.1) is 19.5 Å². The standard InChI is InChI=1S/C14H18N3O7P/c1-21-5-14-6-22-10(11(14)24-25(2,19)20)13(23-14)17-7-16-9-8(18)3-4-15-12(9)17/h4,7,10-11,13H,3,5-6H2,1-2H3,(H,19,20)/t10-,11?,13+,14-/m0/s1. The van der Waals surface area contributed by atoms with Crippen LogP contribution in [-0.4, -0.2) is 71.2 Å². The van der Waals surface area contributed by atoms with E-state index in [0.717, 1.165) is 6.66 Å². The van der Waals surface area contributed by atoms with Gasteiger partial charge in [-0.1, -0.05) is 0 Å². The molecule has 0 amide bonds. The average molecular weight is 371 g/mol. The number of Topliss-reactive ketones (excluding diaryl/α,β-unsaturated/α-hetero) is 1. The second kappa shape index (κ2) is 5.80. The summed E-state index contributed by atoms with van der Waals surface area (Å²) in [6, 6.07) is 0. The van der Waals surface area contributed by atoms with Crippen molar-refractivity contribution in [2.24, 2.45) is 4.99 Å². The molecular formula is C14H18N3O7P. The first-order chi connectivity index (χ1) is 11.8. The van der Waals surface area contributed by atoms with E-state index in [-0.39, 0.29) is 31.1 Å². The lowest BCUT2D eigenvalue weighted by Crippen LogP contribution is -2.45. The lowest BCUT2D eigenvalue weighted by Gasteiger charge is -2.31. The van der Waals surface area contributed by atoms with E-state index in [1.165, 1.54) is 19.7 Å². The molecule has 2 bridgehead atoms. The first-order valence-electron chi connectivity index (χ1n) is 7.74. The van der Waals surface area contributed by atoms with Gasteiger partial charge in [0, 0.05) is 26.4 Å². The second-order valence-corrected chi connectivity index (χ2v) is 8.19. The van der Waals surface area contributed by atoms with Gasteiger partial charge in [0.2, 0.25) is 0 Å². The van der Waals surface area contributed by atoms with Gasteiger partial charge in [-0.3, -0.25) is 18.5 Å². The number of hydrogen-bond acceptors (Lipinski definition) is 8. The Hall–Kier alpha value is -1.42. The van der Waals surface area contributed by atoms with Crippen LogP contribution >= 0.6 is 7.60 Å². The van der Waals surface area contributed by atoms with Gasteiger partial charge in [-0.05, 0) is 0 Å². The maximum atomic E-state index is 11.9. The highest BCUT2D eigenvalue weighted by molar-refractivity contribution is 7.51. The highest BCUT2D eigenvalue weighted by Gasteiger charge is 2.64. The molecule has 2 saturated heterocycles. The number of fused-ring (bicyclic) bond motifs is 3. The van der Waals surface area contributed by atoms with Gasteiger partial charge >= 0.3 is 7.60 Å². The summed E-state index contributed by atoms with van der Waals surface area (Å²) >= 11 is 0. The molecule has 1 aromatic heterocycles. The maximum absolute atomic E-state index is 11.9. The van der Waals surface area contributed by atoms with Gasteiger partial charge in [0.25, 0.3) is 0 Å². The summed E-state index contributed by atoms with van der Waals surface area (Å²) in [6.07, 6.45) is 1.05. The Kier molecular flexibility index (Phi) is 3.95. The van der Waals surface area contributed by atoms with Crippen molar-refractivity contribution >= 4 is 25.4 Å². The average Bonchev–Trinajstić information content (AvgIpc) is 3.17. The molecule has 4 heterocycles. The number of ketones is 1. The molecule has 3 aliphatic heterocycles. The van der Waals surface area contributed by atoms with Crippen LogP contribution in [0.4, 0.5) is 5.82 Å². The fraction of sp³-hybridized carbons (Fsp3) is 0.643. The number of ether oxygens (including phenoxy) is 3. The minimum Gasteiger partial charge on any atom is -0.381 e. The zero-order valence-corrected chi connectivity index (χ0v) is 14.6. The number of nitrogens with zero attached hydrogens (tertiary/aromatic N) is 3. The van der Waals surface area contributed by atoms with E-state index in [1.807, 2.05) is 0 Å². The van der Waals surface area contributed by atoms with Crippen molar-refractivity contribution in [3.63, 3.8) is 0 Å². The van der Waals surface area contributed by atoms with Gasteiger partial charge in [0.1, 0.15) is 17.8 Å². The number of carbonyl (C=O) groups is 1. The van der Waals surface area contributed by atoms with Crippen molar-refractivity contribution in [3.05, 3.63) is 12.0 Å². The number of imidazole rings is 1. The van der Waals surface area contributed by atoms with E-state index in [0.29, 0.717) is 5.82 Å². The lowest BCUT2D eigenvalue weighted by molar-refractivity contribution is -0.188. The molecule has 4 rings (SSSR count). The number of hydrogen-bond donors (Lipinski definition) is 1. The molecule has 2 unspecified atom stereocenters. The van der Waals surface area contributed by atoms with Crippen LogP contribution in [0, 0.1) is 0 Å². The van der Waals surface area contributed by atoms with Crippen LogP contribution in [0.3, 0.4) is 0 Å². The zero-order chi connectivity index (χ0) is 17.8. The number of carbonyl (C=O) groups excluding carboxylic acids is 1. The lowest BCUT2D eigenvalue weighted by atomic mass is 10.0. The van der Waals surface area contributed by atoms with Crippen molar-refractivity contribution < 1.29 is 33.0 Å². The van der Waals surface area contributed by atoms with E-state index in [2.05, 4.69) is 9.98 Å². The fourth-order valence-electron chi connectivity index (χ4n) is 3.51. The summed E-state index contributed by atoms with van der Waals surface area (Å²) in [4.78, 5) is 30.0. The summed E-state index contributed by atoms with van der Waals surface area (Å²) < 4.78 is 35.9. The Morgan fingerprint density at radius 3 is 3.08 bits per heavy atom. The van der Waals surface area contributed by atoms with Crippen LogP contribution in [0.1, 0.15) is 23.1 Å². The minimum absolute atomic E-state index is 0.124. The highest BCUT2D eigenvalue weighted by atomic mass is 31.2. The number of rotatable bonds is 5. The third-order valence-corrected chi connectivity index (χ3v) is 5.09. The molecule has 1 aromatic rings. The van der Waals surface area contributed by atoms with Crippen LogP contribution in [0.5, 0.6) is 0 Å². The van der Waals surface area contributed by atoms with Crippen molar-refractivity contribution in [2.45, 2.75) is 30.5 Å². The third-order valence-electron chi connectivity index (χ3n) is 4.47. The molecular weight excluding hydrogens is 353 g/mol. The minimum atomic E-state index is -3.78. The van der Waals surface area contributed by atoms with E-state index in [4.69, 9.17) is 18.7 Å². The summed E-state index contributed by atoms with van der Waals surface area (Å²) in [5.41, 5.74) is -0.742. The van der Waals surface area contributed by atoms with Crippen LogP contribution < -0.4 is 0 Å². The van der Waals surface area contributed by atoms with Gasteiger partial charge in [-0.15, -0.1) is 0 Å². The monoisotopic (exact) mass is 371 g/mol. The Labute approximate surface area is 143 Å². The summed E-state index contributed by atoms with van der Waals surface area (Å²) in [5.74, 6) is 0.257. The maximum Gasteiger partial charge on any atom is 0.325 e. The highest BCUT2D eigenvalue weighted by Crippen LogP contribution is 2.53. The predicted molar refractivity (Wildman–Crippen MR) is 84.4 cm³/mol. The van der Waals surface area contributed by atoms with Gasteiger partial charge in [0.15, 0.2) is 23.5 Å². The zero-order valence-electron chi connectivity index (χ0n) is 13.7. The first-order valence-corrected chi connectivity index (χ1v) is 9.77. The van der Waals surface area contributed by atoms with Crippen LogP contribution in [0.2, 0.25) is 0 Å². The molecule has 5 atom stereocenters. The second-order valence-electron chi connectivity index (χ2n) is 6.37. The SMILES string of the molecule is COC[C@]12CO[C@@H](C1OP(C)(=O)O)[C@H](n1cnc3c1N=CCC3=O)O2. The summed E-state index contributed by atoms with van der Waals surface area (Å²) in [7, 11) is -2.27. The number of aromatic nitrogens is 2. The third kappa shape index (κ3) is 2.69. The van der Waals surface area contributed by atoms with E-state index in [1.54, 1.807) is 4.57 Å².